The van der Waals surface area contributed by atoms with Crippen LogP contribution in [0.25, 0.3) is 11.3 Å². The first-order valence-electron chi connectivity index (χ1n) is 9.11. The van der Waals surface area contributed by atoms with E-state index in [1.807, 2.05) is 6.07 Å². The van der Waals surface area contributed by atoms with E-state index in [9.17, 15) is 9.59 Å². The molecule has 3 aromatic rings. The second-order valence-corrected chi connectivity index (χ2v) is 6.54. The number of pyridine rings is 1. The van der Waals surface area contributed by atoms with Gasteiger partial charge in [-0.3, -0.25) is 19.5 Å². The van der Waals surface area contributed by atoms with Crippen molar-refractivity contribution < 1.29 is 9.32 Å². The number of carbonyl (C=O) groups is 1. The van der Waals surface area contributed by atoms with E-state index in [1.54, 1.807) is 41.7 Å². The maximum atomic E-state index is 12.7. The molecule has 1 saturated heterocycles. The second kappa shape index (κ2) is 8.13. The summed E-state index contributed by atoms with van der Waals surface area (Å²) in [5.41, 5.74) is 0.975. The third-order valence-electron chi connectivity index (χ3n) is 4.75. The van der Waals surface area contributed by atoms with Crippen LogP contribution in [0.4, 0.5) is 0 Å². The SMILES string of the molecule is O=C(c1cc(-c2cccnc2)on1)N1CCN(CCn2ncccc2=O)CC1. The summed E-state index contributed by atoms with van der Waals surface area (Å²) in [6.07, 6.45) is 4.95. The Kier molecular flexibility index (Phi) is 5.24. The highest BCUT2D eigenvalue weighted by Gasteiger charge is 2.24. The monoisotopic (exact) mass is 380 g/mol. The molecule has 144 valence electrons. The van der Waals surface area contributed by atoms with E-state index < -0.39 is 0 Å². The Labute approximate surface area is 161 Å². The summed E-state index contributed by atoms with van der Waals surface area (Å²) in [6, 6.07) is 8.44. The molecule has 0 N–H and O–H groups in total. The summed E-state index contributed by atoms with van der Waals surface area (Å²) in [6.45, 7) is 3.93. The van der Waals surface area contributed by atoms with Crippen LogP contribution < -0.4 is 5.56 Å². The Hall–Kier alpha value is -3.33. The lowest BCUT2D eigenvalue weighted by Crippen LogP contribution is -2.49. The summed E-state index contributed by atoms with van der Waals surface area (Å²) in [4.78, 5) is 32.4. The number of aromatic nitrogens is 4. The first-order valence-corrected chi connectivity index (χ1v) is 9.11. The highest BCUT2D eigenvalue weighted by atomic mass is 16.5. The van der Waals surface area contributed by atoms with Crippen LogP contribution in [-0.4, -0.2) is 68.4 Å². The van der Waals surface area contributed by atoms with Crippen molar-refractivity contribution in [3.05, 3.63) is 65.0 Å². The van der Waals surface area contributed by atoms with E-state index in [4.69, 9.17) is 4.52 Å². The molecule has 1 fully saturated rings. The summed E-state index contributed by atoms with van der Waals surface area (Å²) in [5.74, 6) is 0.385. The van der Waals surface area contributed by atoms with Gasteiger partial charge in [-0.15, -0.1) is 0 Å². The summed E-state index contributed by atoms with van der Waals surface area (Å²) >= 11 is 0. The molecule has 9 heteroatoms. The fourth-order valence-corrected chi connectivity index (χ4v) is 3.15. The van der Waals surface area contributed by atoms with E-state index in [0.29, 0.717) is 37.6 Å². The standard InChI is InChI=1S/C19H20N6O3/c26-18-4-2-6-21-25(18)12-9-23-7-10-24(11-8-23)19(27)16-13-17(28-22-16)15-3-1-5-20-14-15/h1-6,13-14H,7-12H2. The lowest BCUT2D eigenvalue weighted by molar-refractivity contribution is 0.0621. The topological polar surface area (TPSA) is 97.4 Å². The van der Waals surface area contributed by atoms with Crippen LogP contribution in [0.2, 0.25) is 0 Å². The molecule has 4 rings (SSSR count). The zero-order chi connectivity index (χ0) is 19.3. The van der Waals surface area contributed by atoms with Crippen molar-refractivity contribution >= 4 is 5.91 Å². The Morgan fingerprint density at radius 2 is 1.89 bits per heavy atom. The van der Waals surface area contributed by atoms with Crippen LogP contribution in [0.15, 0.2) is 58.2 Å². The molecule has 0 unspecified atom stereocenters. The average molecular weight is 380 g/mol. The van der Waals surface area contributed by atoms with Gasteiger partial charge in [0.05, 0.1) is 6.54 Å². The number of amides is 1. The van der Waals surface area contributed by atoms with Crippen LogP contribution in [0.1, 0.15) is 10.5 Å². The summed E-state index contributed by atoms with van der Waals surface area (Å²) in [7, 11) is 0. The van der Waals surface area contributed by atoms with Gasteiger partial charge in [0, 0.05) is 69.0 Å². The molecule has 9 nitrogen and oxygen atoms in total. The van der Waals surface area contributed by atoms with Crippen LogP contribution in [0.3, 0.4) is 0 Å². The Balaban J connectivity index is 1.31. The number of hydrogen-bond donors (Lipinski definition) is 0. The number of carbonyl (C=O) groups excluding carboxylic acids is 1. The molecule has 0 spiro atoms. The van der Waals surface area contributed by atoms with E-state index >= 15 is 0 Å². The molecule has 0 aliphatic carbocycles. The van der Waals surface area contributed by atoms with E-state index in [1.165, 1.54) is 10.7 Å². The quantitative estimate of drug-likeness (QED) is 0.644. The van der Waals surface area contributed by atoms with Gasteiger partial charge in [-0.2, -0.15) is 5.10 Å². The maximum absolute atomic E-state index is 12.7. The minimum Gasteiger partial charge on any atom is -0.355 e. The highest BCUT2D eigenvalue weighted by Crippen LogP contribution is 2.20. The van der Waals surface area contributed by atoms with Gasteiger partial charge >= 0.3 is 0 Å². The first kappa shape index (κ1) is 18.1. The molecule has 28 heavy (non-hydrogen) atoms. The molecular weight excluding hydrogens is 360 g/mol. The smallest absolute Gasteiger partial charge is 0.276 e. The van der Waals surface area contributed by atoms with Gasteiger partial charge in [0.2, 0.25) is 0 Å². The van der Waals surface area contributed by atoms with Crippen molar-refractivity contribution in [2.75, 3.05) is 32.7 Å². The van der Waals surface area contributed by atoms with Crippen molar-refractivity contribution in [1.29, 1.82) is 0 Å². The Morgan fingerprint density at radius 1 is 1.07 bits per heavy atom. The summed E-state index contributed by atoms with van der Waals surface area (Å²) < 4.78 is 6.75. The molecule has 0 radical (unpaired) electrons. The van der Waals surface area contributed by atoms with Gasteiger partial charge in [0.1, 0.15) is 0 Å². The molecule has 3 aromatic heterocycles. The third-order valence-corrected chi connectivity index (χ3v) is 4.75. The van der Waals surface area contributed by atoms with E-state index in [-0.39, 0.29) is 11.5 Å². The zero-order valence-corrected chi connectivity index (χ0v) is 15.3. The zero-order valence-electron chi connectivity index (χ0n) is 15.3. The Bertz CT molecular complexity index is 992. The van der Waals surface area contributed by atoms with Gasteiger partial charge < -0.3 is 9.42 Å². The molecule has 0 aromatic carbocycles. The van der Waals surface area contributed by atoms with Crippen molar-refractivity contribution in [2.45, 2.75) is 6.54 Å². The van der Waals surface area contributed by atoms with Crippen LogP contribution >= 0.6 is 0 Å². The average Bonchev–Trinajstić information content (AvgIpc) is 3.24. The van der Waals surface area contributed by atoms with Gasteiger partial charge in [0.15, 0.2) is 11.5 Å². The Morgan fingerprint density at radius 3 is 2.64 bits per heavy atom. The molecule has 0 saturated carbocycles. The van der Waals surface area contributed by atoms with Crippen LogP contribution in [0.5, 0.6) is 0 Å². The lowest BCUT2D eigenvalue weighted by atomic mass is 10.2. The van der Waals surface area contributed by atoms with Crippen LogP contribution in [0, 0.1) is 0 Å². The molecule has 1 aliphatic rings. The highest BCUT2D eigenvalue weighted by molar-refractivity contribution is 5.93. The molecule has 1 aliphatic heterocycles. The number of hydrogen-bond acceptors (Lipinski definition) is 7. The normalized spacial score (nSPS) is 14.9. The van der Waals surface area contributed by atoms with Gasteiger partial charge in [-0.25, -0.2) is 4.68 Å². The second-order valence-electron chi connectivity index (χ2n) is 6.54. The first-order chi connectivity index (χ1) is 13.7. The van der Waals surface area contributed by atoms with Crippen molar-refractivity contribution in [2.24, 2.45) is 0 Å². The fraction of sp³-hybridized carbons (Fsp3) is 0.316. The third kappa shape index (κ3) is 3.99. The molecule has 0 bridgehead atoms. The van der Waals surface area contributed by atoms with Crippen molar-refractivity contribution in [3.63, 3.8) is 0 Å². The largest absolute Gasteiger partial charge is 0.355 e. The predicted octanol–water partition coefficient (Wildman–Crippen LogP) is 0.751. The number of nitrogens with zero attached hydrogens (tertiary/aromatic N) is 6. The van der Waals surface area contributed by atoms with Gasteiger partial charge in [-0.05, 0) is 18.2 Å². The van der Waals surface area contributed by atoms with E-state index in [2.05, 4.69) is 20.1 Å². The van der Waals surface area contributed by atoms with Crippen LogP contribution in [-0.2, 0) is 6.54 Å². The molecule has 4 heterocycles. The fourth-order valence-electron chi connectivity index (χ4n) is 3.15. The summed E-state index contributed by atoms with van der Waals surface area (Å²) in [5, 5.41) is 7.98. The van der Waals surface area contributed by atoms with Crippen molar-refractivity contribution in [1.82, 2.24) is 29.7 Å². The van der Waals surface area contributed by atoms with Gasteiger partial charge in [-0.1, -0.05) is 5.16 Å². The number of rotatable bonds is 5. The minimum atomic E-state index is -0.139. The predicted molar refractivity (Wildman–Crippen MR) is 101 cm³/mol. The number of piperazine rings is 1. The van der Waals surface area contributed by atoms with Gasteiger partial charge in [0.25, 0.3) is 11.5 Å². The molecule has 0 atom stereocenters. The lowest BCUT2D eigenvalue weighted by Gasteiger charge is -2.34. The molecule has 1 amide bonds. The molecular formula is C19H20N6O3. The van der Waals surface area contributed by atoms with E-state index in [0.717, 1.165) is 18.7 Å². The maximum Gasteiger partial charge on any atom is 0.276 e. The minimum absolute atomic E-state index is 0.105. The van der Waals surface area contributed by atoms with Crippen molar-refractivity contribution in [3.8, 4) is 11.3 Å².